The van der Waals surface area contributed by atoms with E-state index in [4.69, 9.17) is 21.3 Å². The van der Waals surface area contributed by atoms with Crippen LogP contribution in [0.15, 0.2) is 36.4 Å². The summed E-state index contributed by atoms with van der Waals surface area (Å²) in [6.07, 6.45) is 6.35. The van der Waals surface area contributed by atoms with Gasteiger partial charge in [0.05, 0.1) is 29.7 Å². The Morgan fingerprint density at radius 2 is 2.03 bits per heavy atom. The van der Waals surface area contributed by atoms with E-state index in [1.165, 1.54) is 25.0 Å². The van der Waals surface area contributed by atoms with Gasteiger partial charge in [0.1, 0.15) is 17.4 Å². The van der Waals surface area contributed by atoms with Crippen molar-refractivity contribution in [1.29, 1.82) is 0 Å². The number of amides is 1. The summed E-state index contributed by atoms with van der Waals surface area (Å²) in [6.45, 7) is 3.08. The second kappa shape index (κ2) is 9.90. The van der Waals surface area contributed by atoms with Crippen molar-refractivity contribution in [2.45, 2.75) is 58.0 Å². The minimum Gasteiger partial charge on any atom is -0.495 e. The van der Waals surface area contributed by atoms with E-state index in [1.807, 2.05) is 4.90 Å². The Hall–Kier alpha value is -2.60. The molecule has 4 rings (SSSR count). The number of ether oxygens (including phenoxy) is 1. The zero-order valence-corrected chi connectivity index (χ0v) is 19.4. The average molecular weight is 458 g/mol. The van der Waals surface area contributed by atoms with Crippen molar-refractivity contribution in [1.82, 2.24) is 14.5 Å². The molecular weight excluding hydrogens is 429 g/mol. The number of hydrogen-bond acceptors (Lipinski definition) is 3. The number of hydrogen-bond donors (Lipinski definition) is 0. The molecule has 2 aromatic carbocycles. The third-order valence-electron chi connectivity index (χ3n) is 6.21. The molecule has 0 saturated heterocycles. The van der Waals surface area contributed by atoms with Gasteiger partial charge in [-0.15, -0.1) is 0 Å². The first kappa shape index (κ1) is 22.6. The molecule has 1 aliphatic carbocycles. The quantitative estimate of drug-likeness (QED) is 0.393. The monoisotopic (exact) mass is 457 g/mol. The molecule has 5 nitrogen and oxygen atoms in total. The Labute approximate surface area is 193 Å². The van der Waals surface area contributed by atoms with Crippen LogP contribution in [0.25, 0.3) is 11.0 Å². The minimum absolute atomic E-state index is 0.0980. The molecule has 1 saturated carbocycles. The number of rotatable bonds is 8. The number of carbonyl (C=O) groups is 1. The second-order valence-corrected chi connectivity index (χ2v) is 8.81. The molecule has 0 unspecified atom stereocenters. The first-order chi connectivity index (χ1) is 15.5. The average Bonchev–Trinajstić information content (AvgIpc) is 3.43. The molecule has 0 spiro atoms. The van der Waals surface area contributed by atoms with E-state index in [9.17, 15) is 9.18 Å². The highest BCUT2D eigenvalue weighted by atomic mass is 35.5. The van der Waals surface area contributed by atoms with Crippen LogP contribution in [0.1, 0.15) is 67.7 Å². The van der Waals surface area contributed by atoms with Crippen molar-refractivity contribution >= 4 is 28.5 Å². The predicted molar refractivity (Wildman–Crippen MR) is 125 cm³/mol. The highest BCUT2D eigenvalue weighted by molar-refractivity contribution is 6.32. The molecule has 3 aromatic rings. The summed E-state index contributed by atoms with van der Waals surface area (Å²) in [5, 5.41) is 0.405. The fraction of sp³-hybridized carbons (Fsp3) is 0.440. The fourth-order valence-corrected chi connectivity index (χ4v) is 4.82. The van der Waals surface area contributed by atoms with Gasteiger partial charge in [0.2, 0.25) is 0 Å². The highest BCUT2D eigenvalue weighted by Gasteiger charge is 2.26. The van der Waals surface area contributed by atoms with Gasteiger partial charge >= 0.3 is 0 Å². The molecule has 170 valence electrons. The van der Waals surface area contributed by atoms with Crippen molar-refractivity contribution in [3.63, 3.8) is 0 Å². The predicted octanol–water partition coefficient (Wildman–Crippen LogP) is 6.40. The third-order valence-corrected chi connectivity index (χ3v) is 6.51. The van der Waals surface area contributed by atoms with Crippen molar-refractivity contribution < 1.29 is 13.9 Å². The number of carbonyl (C=O) groups excluding carboxylic acids is 1. The van der Waals surface area contributed by atoms with E-state index in [-0.39, 0.29) is 11.7 Å². The largest absolute Gasteiger partial charge is 0.495 e. The minimum atomic E-state index is -0.299. The molecule has 1 heterocycles. The van der Waals surface area contributed by atoms with E-state index < -0.39 is 0 Å². The molecule has 0 radical (unpaired) electrons. The van der Waals surface area contributed by atoms with E-state index in [0.717, 1.165) is 37.0 Å². The lowest BCUT2D eigenvalue weighted by molar-refractivity contribution is 0.0734. The van der Waals surface area contributed by atoms with Gasteiger partial charge < -0.3 is 14.2 Å². The Kier molecular flexibility index (Phi) is 6.99. The fourth-order valence-electron chi connectivity index (χ4n) is 4.56. The smallest absolute Gasteiger partial charge is 0.254 e. The summed E-state index contributed by atoms with van der Waals surface area (Å²) in [5.41, 5.74) is 2.09. The Morgan fingerprint density at radius 3 is 2.72 bits per heavy atom. The topological polar surface area (TPSA) is 47.4 Å². The Balaban J connectivity index is 1.70. The maximum Gasteiger partial charge on any atom is 0.254 e. The Morgan fingerprint density at radius 1 is 1.25 bits per heavy atom. The zero-order chi connectivity index (χ0) is 22.7. The van der Waals surface area contributed by atoms with Gasteiger partial charge in [0, 0.05) is 24.2 Å². The van der Waals surface area contributed by atoms with Gasteiger partial charge in [0.15, 0.2) is 0 Å². The number of halogens is 2. The summed E-state index contributed by atoms with van der Waals surface area (Å²) in [6, 6.07) is 10.2. The van der Waals surface area contributed by atoms with E-state index >= 15 is 0 Å². The summed E-state index contributed by atoms with van der Waals surface area (Å²) in [7, 11) is 1.55. The number of imidazole rings is 1. The zero-order valence-electron chi connectivity index (χ0n) is 18.6. The van der Waals surface area contributed by atoms with E-state index in [1.54, 1.807) is 31.4 Å². The second-order valence-electron chi connectivity index (χ2n) is 8.40. The first-order valence-corrected chi connectivity index (χ1v) is 11.7. The van der Waals surface area contributed by atoms with Crippen molar-refractivity contribution in [3.05, 3.63) is 58.6 Å². The maximum absolute atomic E-state index is 13.9. The van der Waals surface area contributed by atoms with Gasteiger partial charge in [-0.3, -0.25) is 4.79 Å². The van der Waals surface area contributed by atoms with Gasteiger partial charge in [-0.05, 0) is 49.6 Å². The number of unbranched alkanes of at least 4 members (excludes halogenated alkanes) is 1. The number of aromatic nitrogens is 2. The van der Waals surface area contributed by atoms with E-state index in [0.29, 0.717) is 41.0 Å². The van der Waals surface area contributed by atoms with E-state index in [2.05, 4.69) is 11.5 Å². The van der Waals surface area contributed by atoms with Crippen LogP contribution in [0.2, 0.25) is 5.02 Å². The van der Waals surface area contributed by atoms with Crippen LogP contribution in [0.3, 0.4) is 0 Å². The molecule has 0 aliphatic heterocycles. The summed E-state index contributed by atoms with van der Waals surface area (Å²) >= 11 is 6.27. The van der Waals surface area contributed by atoms with Crippen LogP contribution in [0.5, 0.6) is 5.75 Å². The third kappa shape index (κ3) is 4.60. The van der Waals surface area contributed by atoms with Gasteiger partial charge in [-0.1, -0.05) is 37.8 Å². The highest BCUT2D eigenvalue weighted by Crippen LogP contribution is 2.34. The number of benzene rings is 2. The SMILES string of the molecule is CCCCN(Cc1nc2cc(F)ccc2n1C1CCCC1)C(=O)c1ccc(OC)c(Cl)c1. The summed E-state index contributed by atoms with van der Waals surface area (Å²) in [5.74, 6) is 0.945. The van der Waals surface area contributed by atoms with Crippen LogP contribution in [0.4, 0.5) is 4.39 Å². The molecular formula is C25H29ClFN3O2. The molecule has 1 fully saturated rings. The number of fused-ring (bicyclic) bond motifs is 1. The molecule has 0 bridgehead atoms. The lowest BCUT2D eigenvalue weighted by Gasteiger charge is -2.25. The molecule has 1 amide bonds. The van der Waals surface area contributed by atoms with Crippen LogP contribution >= 0.6 is 11.6 Å². The van der Waals surface area contributed by atoms with Crippen LogP contribution < -0.4 is 4.74 Å². The van der Waals surface area contributed by atoms with Crippen LogP contribution in [-0.4, -0.2) is 34.0 Å². The maximum atomic E-state index is 13.9. The first-order valence-electron chi connectivity index (χ1n) is 11.3. The van der Waals surface area contributed by atoms with Gasteiger partial charge in [0.25, 0.3) is 5.91 Å². The normalized spacial score (nSPS) is 14.2. The molecule has 32 heavy (non-hydrogen) atoms. The summed E-state index contributed by atoms with van der Waals surface area (Å²) in [4.78, 5) is 20.0. The summed E-state index contributed by atoms with van der Waals surface area (Å²) < 4.78 is 21.3. The molecule has 1 aliphatic rings. The van der Waals surface area contributed by atoms with Crippen molar-refractivity contribution in [2.24, 2.45) is 0 Å². The molecule has 0 N–H and O–H groups in total. The molecule has 1 aromatic heterocycles. The standard InChI is InChI=1S/C25H29ClFN3O2/c1-3-4-13-29(25(31)17-9-12-23(32-2)20(26)14-17)16-24-28-21-15-18(27)10-11-22(21)30(24)19-7-5-6-8-19/h9-12,14-15,19H,3-8,13,16H2,1-2H3. The number of methoxy groups -OCH3 is 1. The van der Waals surface area contributed by atoms with Crippen LogP contribution in [0, 0.1) is 5.82 Å². The van der Waals surface area contributed by atoms with Crippen molar-refractivity contribution in [2.75, 3.05) is 13.7 Å². The lowest BCUT2D eigenvalue weighted by atomic mass is 10.1. The molecule has 0 atom stereocenters. The van der Waals surface area contributed by atoms with Gasteiger partial charge in [-0.2, -0.15) is 0 Å². The number of nitrogens with zero attached hydrogens (tertiary/aromatic N) is 3. The lowest BCUT2D eigenvalue weighted by Crippen LogP contribution is -2.33. The molecule has 7 heteroatoms. The van der Waals surface area contributed by atoms with Crippen molar-refractivity contribution in [3.8, 4) is 5.75 Å². The Bertz CT molecular complexity index is 1110. The van der Waals surface area contributed by atoms with Crippen LogP contribution in [-0.2, 0) is 6.54 Å². The van der Waals surface area contributed by atoms with Gasteiger partial charge in [-0.25, -0.2) is 9.37 Å².